The fraction of sp³-hybridized carbons (Fsp3) is 0. The molecule has 0 unspecified atom stereocenters. The largest absolute Gasteiger partial charge is 0.397 e. The first-order chi connectivity index (χ1) is 8.11. The van der Waals surface area contributed by atoms with Gasteiger partial charge in [0.05, 0.1) is 28.2 Å². The van der Waals surface area contributed by atoms with E-state index >= 15 is 0 Å². The Morgan fingerprint density at radius 1 is 1.24 bits per heavy atom. The van der Waals surface area contributed by atoms with Crippen LogP contribution in [0.2, 0.25) is 10.0 Å². The van der Waals surface area contributed by atoms with Gasteiger partial charge in [-0.25, -0.2) is 0 Å². The molecule has 84 valence electrons. The lowest BCUT2D eigenvalue weighted by Crippen LogP contribution is -1.94. The zero-order valence-electron chi connectivity index (χ0n) is 8.61. The highest BCUT2D eigenvalue weighted by molar-refractivity contribution is 6.35. The van der Waals surface area contributed by atoms with E-state index in [1.807, 2.05) is 6.07 Å². The van der Waals surface area contributed by atoms with Crippen molar-refractivity contribution in [3.63, 3.8) is 0 Å². The van der Waals surface area contributed by atoms with Crippen molar-refractivity contribution in [2.75, 3.05) is 5.73 Å². The molecule has 0 atom stereocenters. The van der Waals surface area contributed by atoms with Gasteiger partial charge < -0.3 is 5.73 Å². The van der Waals surface area contributed by atoms with E-state index in [0.29, 0.717) is 32.6 Å². The van der Waals surface area contributed by atoms with Crippen molar-refractivity contribution in [1.29, 1.82) is 5.26 Å². The van der Waals surface area contributed by atoms with E-state index in [4.69, 9.17) is 34.2 Å². The van der Waals surface area contributed by atoms with Crippen LogP contribution in [0.3, 0.4) is 0 Å². The molecule has 0 spiro atoms. The standard InChI is InChI=1S/C12H7Cl2N3/c13-8-1-2-11(14)10(4-8)12-7(5-15)3-9(16)6-17-12/h1-4,6H,16H2. The molecule has 2 rings (SSSR count). The van der Waals surface area contributed by atoms with Crippen LogP contribution in [0.25, 0.3) is 11.3 Å². The van der Waals surface area contributed by atoms with E-state index < -0.39 is 0 Å². The molecule has 0 fully saturated rings. The summed E-state index contributed by atoms with van der Waals surface area (Å²) in [6.07, 6.45) is 1.48. The predicted octanol–water partition coefficient (Wildman–Crippen LogP) is 3.51. The van der Waals surface area contributed by atoms with E-state index in [1.165, 1.54) is 6.20 Å². The highest BCUT2D eigenvalue weighted by atomic mass is 35.5. The predicted molar refractivity (Wildman–Crippen MR) is 68.8 cm³/mol. The zero-order valence-corrected chi connectivity index (χ0v) is 10.1. The second-order valence-electron chi connectivity index (χ2n) is 3.40. The SMILES string of the molecule is N#Cc1cc(N)cnc1-c1cc(Cl)ccc1Cl. The first kappa shape index (κ1) is 11.7. The molecule has 0 radical (unpaired) electrons. The lowest BCUT2D eigenvalue weighted by atomic mass is 10.1. The van der Waals surface area contributed by atoms with Gasteiger partial charge in [-0.1, -0.05) is 23.2 Å². The summed E-state index contributed by atoms with van der Waals surface area (Å²) in [6.45, 7) is 0. The molecule has 3 nitrogen and oxygen atoms in total. The second kappa shape index (κ2) is 4.62. The maximum Gasteiger partial charge on any atom is 0.102 e. The van der Waals surface area contributed by atoms with E-state index in [-0.39, 0.29) is 0 Å². The third-order valence-electron chi connectivity index (χ3n) is 2.21. The zero-order chi connectivity index (χ0) is 12.4. The Labute approximate surface area is 108 Å². The highest BCUT2D eigenvalue weighted by Gasteiger charge is 2.11. The topological polar surface area (TPSA) is 62.7 Å². The first-order valence-corrected chi connectivity index (χ1v) is 5.48. The van der Waals surface area contributed by atoms with Crippen molar-refractivity contribution >= 4 is 28.9 Å². The molecule has 1 aromatic heterocycles. The average Bonchev–Trinajstić information content (AvgIpc) is 2.32. The van der Waals surface area contributed by atoms with Gasteiger partial charge in [-0.15, -0.1) is 0 Å². The molecule has 0 aliphatic heterocycles. The van der Waals surface area contributed by atoms with Gasteiger partial charge in [-0.2, -0.15) is 5.26 Å². The van der Waals surface area contributed by atoms with E-state index in [0.717, 1.165) is 0 Å². The third-order valence-corrected chi connectivity index (χ3v) is 2.78. The van der Waals surface area contributed by atoms with Crippen LogP contribution in [-0.2, 0) is 0 Å². The molecule has 0 saturated heterocycles. The summed E-state index contributed by atoms with van der Waals surface area (Å²) in [5, 5.41) is 10.1. The number of nitriles is 1. The number of nitrogens with zero attached hydrogens (tertiary/aromatic N) is 2. The fourth-order valence-corrected chi connectivity index (χ4v) is 1.84. The van der Waals surface area contributed by atoms with Crippen LogP contribution in [0, 0.1) is 11.3 Å². The van der Waals surface area contributed by atoms with Gasteiger partial charge in [0, 0.05) is 10.6 Å². The molecule has 2 aromatic rings. The summed E-state index contributed by atoms with van der Waals surface area (Å²) < 4.78 is 0. The molecule has 17 heavy (non-hydrogen) atoms. The normalized spacial score (nSPS) is 9.94. The smallest absolute Gasteiger partial charge is 0.102 e. The maximum atomic E-state index is 9.04. The van der Waals surface area contributed by atoms with Crippen molar-refractivity contribution in [3.8, 4) is 17.3 Å². The lowest BCUT2D eigenvalue weighted by Gasteiger charge is -2.06. The average molecular weight is 264 g/mol. The van der Waals surface area contributed by atoms with E-state index in [1.54, 1.807) is 24.3 Å². The van der Waals surface area contributed by atoms with Crippen molar-refractivity contribution < 1.29 is 0 Å². The molecule has 0 amide bonds. The van der Waals surface area contributed by atoms with Gasteiger partial charge in [0.15, 0.2) is 0 Å². The van der Waals surface area contributed by atoms with Crippen LogP contribution < -0.4 is 5.73 Å². The Morgan fingerprint density at radius 3 is 2.71 bits per heavy atom. The number of nitrogen functional groups attached to an aromatic ring is 1. The van der Waals surface area contributed by atoms with Crippen LogP contribution >= 0.6 is 23.2 Å². The summed E-state index contributed by atoms with van der Waals surface area (Å²) in [5.41, 5.74) is 7.48. The number of halogens is 2. The van der Waals surface area contributed by atoms with Gasteiger partial charge in [0.1, 0.15) is 6.07 Å². The minimum absolute atomic E-state index is 0.370. The first-order valence-electron chi connectivity index (χ1n) is 4.73. The minimum atomic E-state index is 0.370. The molecule has 0 aliphatic carbocycles. The molecular weight excluding hydrogens is 257 g/mol. The van der Waals surface area contributed by atoms with Crippen LogP contribution in [0.15, 0.2) is 30.5 Å². The molecule has 0 bridgehead atoms. The monoisotopic (exact) mass is 263 g/mol. The summed E-state index contributed by atoms with van der Waals surface area (Å²) in [4.78, 5) is 4.13. The van der Waals surface area contributed by atoms with Crippen molar-refractivity contribution in [1.82, 2.24) is 4.98 Å². The molecule has 2 N–H and O–H groups in total. The molecule has 1 aromatic carbocycles. The van der Waals surface area contributed by atoms with Gasteiger partial charge in [-0.05, 0) is 24.3 Å². The number of nitrogens with two attached hydrogens (primary N) is 1. The lowest BCUT2D eigenvalue weighted by molar-refractivity contribution is 1.30. The molecule has 1 heterocycles. The maximum absolute atomic E-state index is 9.04. The quantitative estimate of drug-likeness (QED) is 0.857. The minimum Gasteiger partial charge on any atom is -0.397 e. The third kappa shape index (κ3) is 2.33. The van der Waals surface area contributed by atoms with Crippen LogP contribution in [0.5, 0.6) is 0 Å². The molecule has 0 aliphatic rings. The number of aromatic nitrogens is 1. The summed E-state index contributed by atoms with van der Waals surface area (Å²) in [5.74, 6) is 0. The Kier molecular flexibility index (Phi) is 3.19. The van der Waals surface area contributed by atoms with Gasteiger partial charge in [0.2, 0.25) is 0 Å². The number of anilines is 1. The van der Waals surface area contributed by atoms with E-state index in [9.17, 15) is 0 Å². The van der Waals surface area contributed by atoms with Crippen LogP contribution in [0.1, 0.15) is 5.56 Å². The summed E-state index contributed by atoms with van der Waals surface area (Å²) >= 11 is 12.0. The molecule has 0 saturated carbocycles. The Balaban J connectivity index is 2.69. The summed E-state index contributed by atoms with van der Waals surface area (Å²) in [7, 11) is 0. The van der Waals surface area contributed by atoms with Crippen LogP contribution in [-0.4, -0.2) is 4.98 Å². The fourth-order valence-electron chi connectivity index (χ4n) is 1.46. The van der Waals surface area contributed by atoms with Gasteiger partial charge in [0.25, 0.3) is 0 Å². The Hall–Kier alpha value is -1.76. The van der Waals surface area contributed by atoms with Gasteiger partial charge >= 0.3 is 0 Å². The molecule has 5 heteroatoms. The number of rotatable bonds is 1. The van der Waals surface area contributed by atoms with Crippen molar-refractivity contribution in [2.24, 2.45) is 0 Å². The number of benzene rings is 1. The second-order valence-corrected chi connectivity index (χ2v) is 4.24. The Bertz CT molecular complexity index is 618. The van der Waals surface area contributed by atoms with E-state index in [2.05, 4.69) is 4.98 Å². The van der Waals surface area contributed by atoms with Gasteiger partial charge in [-0.3, -0.25) is 4.98 Å². The Morgan fingerprint density at radius 2 is 2.00 bits per heavy atom. The van der Waals surface area contributed by atoms with Crippen LogP contribution in [0.4, 0.5) is 5.69 Å². The van der Waals surface area contributed by atoms with Crippen molar-refractivity contribution in [2.45, 2.75) is 0 Å². The summed E-state index contributed by atoms with van der Waals surface area (Å²) in [6, 6.07) is 8.60. The number of pyridine rings is 1. The van der Waals surface area contributed by atoms with Crippen molar-refractivity contribution in [3.05, 3.63) is 46.1 Å². The highest BCUT2D eigenvalue weighted by Crippen LogP contribution is 2.31. The number of hydrogen-bond acceptors (Lipinski definition) is 3. The number of hydrogen-bond donors (Lipinski definition) is 1. The molecular formula is C12H7Cl2N3.